The Balaban J connectivity index is 0.00000243. The topological polar surface area (TPSA) is 80.5 Å². The molecule has 0 radical (unpaired) electrons. The molecule has 0 bridgehead atoms. The summed E-state index contributed by atoms with van der Waals surface area (Å²) < 4.78 is 5.26. The molecule has 0 aliphatic carbocycles. The molecule has 26 heavy (non-hydrogen) atoms. The molecule has 142 valence electrons. The first kappa shape index (κ1) is 20.7. The highest BCUT2D eigenvalue weighted by Crippen LogP contribution is 2.18. The number of aliphatic imine (C=N–C) groups is 1. The number of likely N-dealkylation sites (tertiary alicyclic amines) is 1. The van der Waals surface area contributed by atoms with Crippen molar-refractivity contribution >= 4 is 29.9 Å². The predicted octanol–water partition coefficient (Wildman–Crippen LogP) is 3.51. The van der Waals surface area contributed by atoms with Gasteiger partial charge in [0.1, 0.15) is 0 Å². The Morgan fingerprint density at radius 2 is 2.12 bits per heavy atom. The van der Waals surface area contributed by atoms with Gasteiger partial charge in [-0.2, -0.15) is 4.98 Å². The van der Waals surface area contributed by atoms with E-state index in [0.29, 0.717) is 24.3 Å². The van der Waals surface area contributed by atoms with E-state index in [0.717, 1.165) is 37.3 Å². The van der Waals surface area contributed by atoms with Crippen LogP contribution < -0.4 is 5.73 Å². The van der Waals surface area contributed by atoms with Crippen LogP contribution in [0.3, 0.4) is 0 Å². The lowest BCUT2D eigenvalue weighted by Gasteiger charge is -2.31. The normalized spacial score (nSPS) is 17.8. The molecule has 7 heteroatoms. The Morgan fingerprint density at radius 3 is 2.77 bits per heavy atom. The molecule has 6 nitrogen and oxygen atoms in total. The van der Waals surface area contributed by atoms with Crippen molar-refractivity contribution in [3.05, 3.63) is 35.7 Å². The maximum Gasteiger partial charge on any atom is 0.257 e. The van der Waals surface area contributed by atoms with Crippen molar-refractivity contribution in [3.8, 4) is 11.5 Å². The lowest BCUT2D eigenvalue weighted by Crippen LogP contribution is -2.43. The zero-order valence-electron chi connectivity index (χ0n) is 15.5. The number of rotatable bonds is 5. The van der Waals surface area contributed by atoms with Gasteiger partial charge in [0.05, 0.1) is 0 Å². The molecule has 1 aliphatic heterocycles. The van der Waals surface area contributed by atoms with E-state index < -0.39 is 0 Å². The van der Waals surface area contributed by atoms with E-state index in [4.69, 9.17) is 10.3 Å². The molecule has 0 saturated carbocycles. The molecular weight excluding hydrogens is 441 g/mol. The smallest absolute Gasteiger partial charge is 0.257 e. The van der Waals surface area contributed by atoms with E-state index in [1.165, 1.54) is 18.4 Å². The van der Waals surface area contributed by atoms with Gasteiger partial charge in [-0.25, -0.2) is 0 Å². The van der Waals surface area contributed by atoms with Gasteiger partial charge in [-0.1, -0.05) is 31.1 Å². The van der Waals surface area contributed by atoms with E-state index in [1.807, 2.05) is 19.1 Å². The Bertz CT molecular complexity index is 713. The highest BCUT2D eigenvalue weighted by atomic mass is 127. The minimum atomic E-state index is 0. The fourth-order valence-corrected chi connectivity index (χ4v) is 3.13. The van der Waals surface area contributed by atoms with Gasteiger partial charge in [0.15, 0.2) is 11.8 Å². The quantitative estimate of drug-likeness (QED) is 0.412. The SMILES string of the molecule is CCc1noc(-c2ccc(CCN=C(N)N3CCCC(C)C3)cc2)n1.I. The first-order chi connectivity index (χ1) is 12.2. The number of guanidine groups is 1. The van der Waals surface area contributed by atoms with E-state index in [1.54, 1.807) is 0 Å². The number of aromatic nitrogens is 2. The lowest BCUT2D eigenvalue weighted by molar-refractivity contribution is 0.270. The molecule has 0 spiro atoms. The third-order valence-electron chi connectivity index (χ3n) is 4.64. The van der Waals surface area contributed by atoms with Crippen LogP contribution in [0.2, 0.25) is 0 Å². The molecule has 2 heterocycles. The second-order valence-corrected chi connectivity index (χ2v) is 6.75. The van der Waals surface area contributed by atoms with Crippen LogP contribution >= 0.6 is 24.0 Å². The summed E-state index contributed by atoms with van der Waals surface area (Å²) in [5, 5.41) is 3.93. The van der Waals surface area contributed by atoms with Crippen LogP contribution in [0.1, 0.15) is 38.1 Å². The van der Waals surface area contributed by atoms with Crippen molar-refractivity contribution in [1.82, 2.24) is 15.0 Å². The molecule has 1 aromatic carbocycles. The second kappa shape index (κ2) is 9.89. The largest absolute Gasteiger partial charge is 0.370 e. The Labute approximate surface area is 172 Å². The third-order valence-corrected chi connectivity index (χ3v) is 4.64. The van der Waals surface area contributed by atoms with Crippen LogP contribution in [-0.2, 0) is 12.8 Å². The number of aryl methyl sites for hydroxylation is 1. The average molecular weight is 469 g/mol. The van der Waals surface area contributed by atoms with Crippen molar-refractivity contribution in [2.75, 3.05) is 19.6 Å². The zero-order valence-corrected chi connectivity index (χ0v) is 17.8. The summed E-state index contributed by atoms with van der Waals surface area (Å²) in [6, 6.07) is 8.20. The van der Waals surface area contributed by atoms with Gasteiger partial charge in [0, 0.05) is 31.6 Å². The minimum Gasteiger partial charge on any atom is -0.370 e. The zero-order chi connectivity index (χ0) is 17.6. The highest BCUT2D eigenvalue weighted by Gasteiger charge is 2.17. The monoisotopic (exact) mass is 469 g/mol. The number of piperidine rings is 1. The molecule has 1 atom stereocenters. The molecule has 1 saturated heterocycles. The fourth-order valence-electron chi connectivity index (χ4n) is 3.13. The summed E-state index contributed by atoms with van der Waals surface area (Å²) in [7, 11) is 0. The van der Waals surface area contributed by atoms with Crippen LogP contribution in [0.15, 0.2) is 33.8 Å². The van der Waals surface area contributed by atoms with Gasteiger partial charge in [0.2, 0.25) is 0 Å². The summed E-state index contributed by atoms with van der Waals surface area (Å²) in [5.74, 6) is 2.69. The number of hydrogen-bond donors (Lipinski definition) is 1. The lowest BCUT2D eigenvalue weighted by atomic mass is 10.0. The number of nitrogens with two attached hydrogens (primary N) is 1. The summed E-state index contributed by atoms with van der Waals surface area (Å²) in [6.07, 6.45) is 4.13. The van der Waals surface area contributed by atoms with Gasteiger partial charge in [-0.05, 0) is 42.9 Å². The van der Waals surface area contributed by atoms with Gasteiger partial charge < -0.3 is 15.2 Å². The van der Waals surface area contributed by atoms with E-state index >= 15 is 0 Å². The summed E-state index contributed by atoms with van der Waals surface area (Å²) in [4.78, 5) is 11.1. The summed E-state index contributed by atoms with van der Waals surface area (Å²) in [6.45, 7) is 7.03. The molecule has 1 aliphatic rings. The van der Waals surface area contributed by atoms with Crippen LogP contribution in [0, 0.1) is 5.92 Å². The second-order valence-electron chi connectivity index (χ2n) is 6.75. The van der Waals surface area contributed by atoms with Crippen LogP contribution in [-0.4, -0.2) is 40.6 Å². The number of hydrogen-bond acceptors (Lipinski definition) is 4. The molecule has 2 aromatic rings. The van der Waals surface area contributed by atoms with Crippen LogP contribution in [0.4, 0.5) is 0 Å². The van der Waals surface area contributed by atoms with Gasteiger partial charge >= 0.3 is 0 Å². The Hall–Kier alpha value is -1.64. The highest BCUT2D eigenvalue weighted by molar-refractivity contribution is 14.0. The van der Waals surface area contributed by atoms with Gasteiger partial charge in [-0.15, -0.1) is 24.0 Å². The van der Waals surface area contributed by atoms with Gasteiger partial charge in [-0.3, -0.25) is 4.99 Å². The first-order valence-corrected chi connectivity index (χ1v) is 9.12. The van der Waals surface area contributed by atoms with Crippen LogP contribution in [0.5, 0.6) is 0 Å². The molecule has 3 rings (SSSR count). The van der Waals surface area contributed by atoms with E-state index in [-0.39, 0.29) is 24.0 Å². The maximum absolute atomic E-state index is 6.14. The van der Waals surface area contributed by atoms with E-state index in [9.17, 15) is 0 Å². The molecule has 1 fully saturated rings. The molecule has 1 unspecified atom stereocenters. The van der Waals surface area contributed by atoms with Crippen molar-refractivity contribution in [3.63, 3.8) is 0 Å². The molecular formula is C19H28IN5O. The van der Waals surface area contributed by atoms with Gasteiger partial charge in [0.25, 0.3) is 5.89 Å². The van der Waals surface area contributed by atoms with Crippen molar-refractivity contribution in [1.29, 1.82) is 0 Å². The molecule has 1 aromatic heterocycles. The molecule has 0 amide bonds. The van der Waals surface area contributed by atoms with Crippen molar-refractivity contribution in [2.45, 2.75) is 39.5 Å². The molecule has 2 N–H and O–H groups in total. The minimum absolute atomic E-state index is 0. The number of benzene rings is 1. The summed E-state index contributed by atoms with van der Waals surface area (Å²) in [5.41, 5.74) is 8.31. The summed E-state index contributed by atoms with van der Waals surface area (Å²) >= 11 is 0. The Morgan fingerprint density at radius 1 is 1.35 bits per heavy atom. The average Bonchev–Trinajstić information content (AvgIpc) is 3.11. The van der Waals surface area contributed by atoms with Crippen molar-refractivity contribution < 1.29 is 4.52 Å². The number of nitrogens with zero attached hydrogens (tertiary/aromatic N) is 4. The van der Waals surface area contributed by atoms with Crippen LogP contribution in [0.25, 0.3) is 11.5 Å². The maximum atomic E-state index is 6.14. The first-order valence-electron chi connectivity index (χ1n) is 9.12. The van der Waals surface area contributed by atoms with E-state index in [2.05, 4.69) is 39.1 Å². The van der Waals surface area contributed by atoms with Crippen molar-refractivity contribution in [2.24, 2.45) is 16.6 Å². The Kier molecular flexibility index (Phi) is 7.86. The fraction of sp³-hybridized carbons (Fsp3) is 0.526. The number of halogens is 1. The standard InChI is InChI=1S/C19H27N5O.HI/c1-3-17-22-18(25-23-17)16-8-6-15(7-9-16)10-11-21-19(20)24-12-4-5-14(2)13-24;/h6-9,14H,3-5,10-13H2,1-2H3,(H2,20,21);1H. The predicted molar refractivity (Wildman–Crippen MR) is 115 cm³/mol. The third kappa shape index (κ3) is 5.43.